The number of aryl methyl sites for hydroxylation is 1. The summed E-state index contributed by atoms with van der Waals surface area (Å²) < 4.78 is 14.3. The molecule has 2 bridgehead atoms. The van der Waals surface area contributed by atoms with Crippen LogP contribution in [-0.2, 0) is 4.79 Å². The van der Waals surface area contributed by atoms with E-state index in [-0.39, 0.29) is 23.4 Å². The number of rotatable bonds is 2. The van der Waals surface area contributed by atoms with Crippen molar-refractivity contribution in [3.05, 3.63) is 64.1 Å². The average Bonchev–Trinajstić information content (AvgIpc) is 3.02. The molecule has 2 atom stereocenters. The van der Waals surface area contributed by atoms with Crippen molar-refractivity contribution in [2.45, 2.75) is 26.2 Å². The Morgan fingerprint density at radius 2 is 1.84 bits per heavy atom. The van der Waals surface area contributed by atoms with E-state index in [1.165, 1.54) is 6.07 Å². The number of ketones is 1. The van der Waals surface area contributed by atoms with Crippen LogP contribution < -0.4 is 0 Å². The standard InChI is InChI=1S/C21H18ClFO2/c1-11-2-3-12(16-7-6-15(22)10-18(16)23)9-17(11)19-20(24)13-4-5-14(8-13)21(19)25/h2-3,6-7,9-10,13-14,24H,4-5,8H2,1H3/t13-,14+/m1/s1. The van der Waals surface area contributed by atoms with Crippen LogP contribution in [0.3, 0.4) is 0 Å². The summed E-state index contributed by atoms with van der Waals surface area (Å²) in [4.78, 5) is 12.8. The van der Waals surface area contributed by atoms with Crippen LogP contribution in [0, 0.1) is 24.6 Å². The van der Waals surface area contributed by atoms with Crippen molar-refractivity contribution in [2.24, 2.45) is 11.8 Å². The van der Waals surface area contributed by atoms with Gasteiger partial charge in [-0.3, -0.25) is 4.79 Å². The fourth-order valence-electron chi connectivity index (χ4n) is 4.06. The first-order valence-electron chi connectivity index (χ1n) is 8.49. The second-order valence-corrected chi connectivity index (χ2v) is 7.42. The number of aliphatic hydroxyl groups excluding tert-OH is 1. The van der Waals surface area contributed by atoms with Gasteiger partial charge in [-0.25, -0.2) is 4.39 Å². The Kier molecular flexibility index (Phi) is 3.92. The number of benzene rings is 2. The molecule has 0 radical (unpaired) electrons. The second kappa shape index (κ2) is 5.99. The maximum atomic E-state index is 14.3. The Morgan fingerprint density at radius 3 is 2.60 bits per heavy atom. The Hall–Kier alpha value is -2.13. The highest BCUT2D eigenvalue weighted by molar-refractivity contribution is 6.30. The van der Waals surface area contributed by atoms with Crippen LogP contribution in [0.5, 0.6) is 0 Å². The molecule has 0 saturated heterocycles. The summed E-state index contributed by atoms with van der Waals surface area (Å²) >= 11 is 5.83. The Bertz CT molecular complexity index is 916. The van der Waals surface area contributed by atoms with E-state index in [0.29, 0.717) is 27.3 Å². The summed E-state index contributed by atoms with van der Waals surface area (Å²) in [6, 6.07) is 10.0. The van der Waals surface area contributed by atoms with Crippen molar-refractivity contribution in [2.75, 3.05) is 0 Å². The largest absolute Gasteiger partial charge is 0.511 e. The molecular weight excluding hydrogens is 339 g/mol. The van der Waals surface area contributed by atoms with Gasteiger partial charge in [0.1, 0.15) is 11.6 Å². The SMILES string of the molecule is Cc1ccc(-c2ccc(Cl)cc2F)cc1C1=C(O)[C@@H]2CC[C@@H](C2)C1=O. The van der Waals surface area contributed by atoms with Crippen LogP contribution in [-0.4, -0.2) is 10.9 Å². The van der Waals surface area contributed by atoms with Crippen molar-refractivity contribution in [3.63, 3.8) is 0 Å². The minimum Gasteiger partial charge on any atom is -0.511 e. The van der Waals surface area contributed by atoms with E-state index in [1.54, 1.807) is 18.2 Å². The van der Waals surface area contributed by atoms with Crippen LogP contribution in [0.15, 0.2) is 42.2 Å². The van der Waals surface area contributed by atoms with Gasteiger partial charge in [-0.1, -0.05) is 23.7 Å². The van der Waals surface area contributed by atoms with Crippen LogP contribution >= 0.6 is 11.6 Å². The minimum absolute atomic E-state index is 0.00576. The number of aliphatic hydroxyl groups is 1. The van der Waals surface area contributed by atoms with E-state index < -0.39 is 5.82 Å². The first-order chi connectivity index (χ1) is 12.0. The number of Topliss-reactive ketones (excluding diaryl/α,β-unsaturated/α-hetero) is 1. The molecule has 1 N–H and O–H groups in total. The average molecular weight is 357 g/mol. The lowest BCUT2D eigenvalue weighted by Crippen LogP contribution is -2.21. The first-order valence-corrected chi connectivity index (χ1v) is 8.87. The maximum absolute atomic E-state index is 14.3. The number of carbonyl (C=O) groups is 1. The molecule has 2 aromatic carbocycles. The molecule has 0 aromatic heterocycles. The van der Waals surface area contributed by atoms with E-state index >= 15 is 0 Å². The van der Waals surface area contributed by atoms with Gasteiger partial charge in [-0.15, -0.1) is 0 Å². The van der Waals surface area contributed by atoms with E-state index in [2.05, 4.69) is 0 Å². The maximum Gasteiger partial charge on any atom is 0.169 e. The van der Waals surface area contributed by atoms with Crippen molar-refractivity contribution >= 4 is 23.0 Å². The highest BCUT2D eigenvalue weighted by atomic mass is 35.5. The molecule has 0 heterocycles. The monoisotopic (exact) mass is 356 g/mol. The van der Waals surface area contributed by atoms with Crippen LogP contribution in [0.1, 0.15) is 30.4 Å². The normalized spacial score (nSPS) is 22.6. The number of allylic oxidation sites excluding steroid dienone is 2. The highest BCUT2D eigenvalue weighted by Gasteiger charge is 2.41. The molecule has 1 fully saturated rings. The van der Waals surface area contributed by atoms with Gasteiger partial charge in [0.2, 0.25) is 0 Å². The summed E-state index contributed by atoms with van der Waals surface area (Å²) in [5.74, 6) is -0.103. The third-order valence-electron chi connectivity index (χ3n) is 5.44. The van der Waals surface area contributed by atoms with Crippen LogP contribution in [0.4, 0.5) is 4.39 Å². The zero-order chi connectivity index (χ0) is 17.7. The third-order valence-corrected chi connectivity index (χ3v) is 5.68. The molecule has 25 heavy (non-hydrogen) atoms. The lowest BCUT2D eigenvalue weighted by molar-refractivity contribution is -0.117. The van der Waals surface area contributed by atoms with Crippen molar-refractivity contribution in [3.8, 4) is 11.1 Å². The number of hydrogen-bond acceptors (Lipinski definition) is 2. The Labute approximate surface area is 150 Å². The first kappa shape index (κ1) is 16.3. The van der Waals surface area contributed by atoms with Gasteiger partial charge in [0.25, 0.3) is 0 Å². The van der Waals surface area contributed by atoms with Gasteiger partial charge >= 0.3 is 0 Å². The Balaban J connectivity index is 1.86. The lowest BCUT2D eigenvalue weighted by Gasteiger charge is -2.23. The zero-order valence-corrected chi connectivity index (χ0v) is 14.6. The lowest BCUT2D eigenvalue weighted by atomic mass is 9.81. The molecule has 0 spiro atoms. The summed E-state index contributed by atoms with van der Waals surface area (Å²) in [6.07, 6.45) is 2.44. The molecule has 2 aliphatic carbocycles. The molecule has 2 aliphatic rings. The van der Waals surface area contributed by atoms with E-state index in [1.807, 2.05) is 19.1 Å². The molecule has 0 aliphatic heterocycles. The van der Waals surface area contributed by atoms with Crippen molar-refractivity contribution in [1.29, 1.82) is 0 Å². The molecule has 0 amide bonds. The summed E-state index contributed by atoms with van der Waals surface area (Å²) in [5, 5.41) is 11.0. The molecular formula is C21H18ClFO2. The van der Waals surface area contributed by atoms with E-state index in [4.69, 9.17) is 11.6 Å². The van der Waals surface area contributed by atoms with Gasteiger partial charge in [0.15, 0.2) is 5.78 Å². The van der Waals surface area contributed by atoms with Crippen LogP contribution in [0.25, 0.3) is 16.7 Å². The van der Waals surface area contributed by atoms with E-state index in [9.17, 15) is 14.3 Å². The molecule has 0 unspecified atom stereocenters. The Morgan fingerprint density at radius 1 is 1.08 bits per heavy atom. The quantitative estimate of drug-likeness (QED) is 0.746. The third kappa shape index (κ3) is 2.67. The fourth-order valence-corrected chi connectivity index (χ4v) is 4.21. The number of carbonyl (C=O) groups excluding carboxylic acids is 1. The van der Waals surface area contributed by atoms with Gasteiger partial charge < -0.3 is 5.11 Å². The second-order valence-electron chi connectivity index (χ2n) is 6.99. The topological polar surface area (TPSA) is 37.3 Å². The molecule has 2 nitrogen and oxygen atoms in total. The molecule has 2 aromatic rings. The van der Waals surface area contributed by atoms with Gasteiger partial charge in [-0.2, -0.15) is 0 Å². The van der Waals surface area contributed by atoms with Gasteiger partial charge in [0.05, 0.1) is 5.57 Å². The summed E-state index contributed by atoms with van der Waals surface area (Å²) in [7, 11) is 0. The minimum atomic E-state index is -0.407. The number of hydrogen-bond donors (Lipinski definition) is 1. The molecule has 1 saturated carbocycles. The number of halogens is 2. The predicted molar refractivity (Wildman–Crippen MR) is 97.0 cm³/mol. The van der Waals surface area contributed by atoms with Gasteiger partial charge in [-0.05, 0) is 67.1 Å². The fraction of sp³-hybridized carbons (Fsp3) is 0.286. The van der Waals surface area contributed by atoms with E-state index in [0.717, 1.165) is 24.8 Å². The predicted octanol–water partition coefficient (Wildman–Crippen LogP) is 5.72. The van der Waals surface area contributed by atoms with Crippen molar-refractivity contribution in [1.82, 2.24) is 0 Å². The van der Waals surface area contributed by atoms with Crippen LogP contribution in [0.2, 0.25) is 5.02 Å². The zero-order valence-electron chi connectivity index (χ0n) is 13.9. The van der Waals surface area contributed by atoms with Crippen molar-refractivity contribution < 1.29 is 14.3 Å². The highest BCUT2D eigenvalue weighted by Crippen LogP contribution is 2.46. The smallest absolute Gasteiger partial charge is 0.169 e. The molecule has 4 rings (SSSR count). The van der Waals surface area contributed by atoms with Gasteiger partial charge in [0, 0.05) is 22.4 Å². The number of fused-ring (bicyclic) bond motifs is 2. The molecule has 128 valence electrons. The summed E-state index contributed by atoms with van der Waals surface area (Å²) in [6.45, 7) is 1.90. The summed E-state index contributed by atoms with van der Waals surface area (Å²) in [5.41, 5.74) is 3.12. The molecule has 4 heteroatoms.